The van der Waals surface area contributed by atoms with Gasteiger partial charge in [0.25, 0.3) is 0 Å². The Balaban J connectivity index is 2.25. The highest BCUT2D eigenvalue weighted by Crippen LogP contribution is 2.29. The molecule has 1 heterocycles. The molecule has 5 nitrogen and oxygen atoms in total. The molecular weight excluding hydrogens is 266 g/mol. The van der Waals surface area contributed by atoms with E-state index < -0.39 is 0 Å². The number of aryl methyl sites for hydroxylation is 2. The number of hydrogen-bond donors (Lipinski definition) is 1. The molecule has 0 radical (unpaired) electrons. The van der Waals surface area contributed by atoms with E-state index in [2.05, 4.69) is 24.3 Å². The minimum atomic E-state index is 0.411. The smallest absolute Gasteiger partial charge is 0.222 e. The molecule has 0 aliphatic rings. The summed E-state index contributed by atoms with van der Waals surface area (Å²) in [4.78, 5) is 0. The Labute approximate surface area is 125 Å². The minimum absolute atomic E-state index is 0.411. The zero-order chi connectivity index (χ0) is 15.4. The number of methoxy groups -OCH3 is 1. The maximum atomic E-state index is 6.02. The number of rotatable bonds is 6. The van der Waals surface area contributed by atoms with E-state index >= 15 is 0 Å². The van der Waals surface area contributed by atoms with Crippen molar-refractivity contribution < 1.29 is 9.47 Å². The minimum Gasteiger partial charge on any atom is -0.497 e. The lowest BCUT2D eigenvalue weighted by Crippen LogP contribution is -2.22. The van der Waals surface area contributed by atoms with Gasteiger partial charge in [-0.15, -0.1) is 0 Å². The van der Waals surface area contributed by atoms with E-state index in [4.69, 9.17) is 9.47 Å². The molecule has 1 N–H and O–H groups in total. The van der Waals surface area contributed by atoms with Crippen LogP contribution in [0.2, 0.25) is 0 Å². The molecule has 5 heteroatoms. The Bertz CT molecular complexity index is 606. The predicted molar refractivity (Wildman–Crippen MR) is 83.0 cm³/mol. The quantitative estimate of drug-likeness (QED) is 0.888. The van der Waals surface area contributed by atoms with Crippen molar-refractivity contribution >= 4 is 0 Å². The lowest BCUT2D eigenvalue weighted by molar-refractivity contribution is 0.399. The summed E-state index contributed by atoms with van der Waals surface area (Å²) in [7, 11) is 3.53. The summed E-state index contributed by atoms with van der Waals surface area (Å²) in [5, 5.41) is 7.85. The average Bonchev–Trinajstić information content (AvgIpc) is 2.71. The van der Waals surface area contributed by atoms with E-state index in [9.17, 15) is 0 Å². The van der Waals surface area contributed by atoms with Gasteiger partial charge < -0.3 is 14.8 Å². The molecule has 21 heavy (non-hydrogen) atoms. The van der Waals surface area contributed by atoms with Gasteiger partial charge in [0.1, 0.15) is 11.5 Å². The second-order valence-corrected chi connectivity index (χ2v) is 5.31. The Morgan fingerprint density at radius 1 is 1.29 bits per heavy atom. The highest BCUT2D eigenvalue weighted by molar-refractivity contribution is 5.38. The lowest BCUT2D eigenvalue weighted by atomic mass is 10.2. The number of nitrogens with zero attached hydrogens (tertiary/aromatic N) is 2. The van der Waals surface area contributed by atoms with Crippen molar-refractivity contribution in [1.29, 1.82) is 0 Å². The second-order valence-electron chi connectivity index (χ2n) is 5.31. The van der Waals surface area contributed by atoms with Crippen molar-refractivity contribution in [2.45, 2.75) is 33.4 Å². The number of benzene rings is 1. The van der Waals surface area contributed by atoms with Crippen LogP contribution in [0, 0.1) is 6.92 Å². The van der Waals surface area contributed by atoms with Crippen molar-refractivity contribution in [3.05, 3.63) is 35.5 Å². The van der Waals surface area contributed by atoms with Gasteiger partial charge in [-0.3, -0.25) is 0 Å². The van der Waals surface area contributed by atoms with Crippen LogP contribution in [0.3, 0.4) is 0 Å². The number of hydrogen-bond acceptors (Lipinski definition) is 4. The van der Waals surface area contributed by atoms with E-state index in [0.29, 0.717) is 6.04 Å². The van der Waals surface area contributed by atoms with Gasteiger partial charge in [0, 0.05) is 25.7 Å². The topological polar surface area (TPSA) is 48.3 Å². The van der Waals surface area contributed by atoms with Gasteiger partial charge >= 0.3 is 0 Å². The van der Waals surface area contributed by atoms with Crippen LogP contribution in [0.5, 0.6) is 17.4 Å². The van der Waals surface area contributed by atoms with Gasteiger partial charge in [0.2, 0.25) is 5.88 Å². The van der Waals surface area contributed by atoms with Gasteiger partial charge in [0.15, 0.2) is 0 Å². The zero-order valence-electron chi connectivity index (χ0n) is 13.3. The number of nitrogens with one attached hydrogen (secondary N) is 1. The summed E-state index contributed by atoms with van der Waals surface area (Å²) in [6.45, 7) is 6.97. The Morgan fingerprint density at radius 3 is 2.67 bits per heavy atom. The molecule has 0 atom stereocenters. The van der Waals surface area contributed by atoms with Gasteiger partial charge in [-0.2, -0.15) is 5.10 Å². The molecule has 1 aromatic heterocycles. The molecule has 2 aromatic rings. The highest BCUT2D eigenvalue weighted by atomic mass is 16.5. The molecule has 0 aliphatic carbocycles. The fourth-order valence-electron chi connectivity index (χ4n) is 2.09. The van der Waals surface area contributed by atoms with Crippen molar-refractivity contribution in [2.75, 3.05) is 7.11 Å². The molecule has 1 aromatic carbocycles. The summed E-state index contributed by atoms with van der Waals surface area (Å²) in [6.07, 6.45) is 0. The molecule has 114 valence electrons. The molecule has 0 amide bonds. The Hall–Kier alpha value is -2.01. The standard InChI is InChI=1S/C16H23N3O2/c1-11(2)17-10-15-12(3)18-19(4)16(15)21-14-8-6-7-13(9-14)20-5/h6-9,11,17H,10H2,1-5H3. The van der Waals surface area contributed by atoms with E-state index in [1.807, 2.05) is 38.2 Å². The first-order valence-electron chi connectivity index (χ1n) is 7.09. The summed E-state index contributed by atoms with van der Waals surface area (Å²) >= 11 is 0. The molecule has 0 bridgehead atoms. The molecule has 2 rings (SSSR count). The average molecular weight is 289 g/mol. The van der Waals surface area contributed by atoms with E-state index in [0.717, 1.165) is 35.2 Å². The fraction of sp³-hybridized carbons (Fsp3) is 0.438. The molecular formula is C16H23N3O2. The third kappa shape index (κ3) is 3.76. The molecule has 0 unspecified atom stereocenters. The van der Waals surface area contributed by atoms with Crippen LogP contribution >= 0.6 is 0 Å². The van der Waals surface area contributed by atoms with Crippen LogP contribution in [0.15, 0.2) is 24.3 Å². The van der Waals surface area contributed by atoms with Gasteiger partial charge in [-0.25, -0.2) is 4.68 Å². The second kappa shape index (κ2) is 6.63. The van der Waals surface area contributed by atoms with Crippen LogP contribution in [0.1, 0.15) is 25.1 Å². The largest absolute Gasteiger partial charge is 0.497 e. The van der Waals surface area contributed by atoms with Crippen molar-refractivity contribution in [3.63, 3.8) is 0 Å². The predicted octanol–water partition coefficient (Wildman–Crippen LogP) is 3.03. The molecule has 0 saturated heterocycles. The van der Waals surface area contributed by atoms with Gasteiger partial charge in [-0.1, -0.05) is 19.9 Å². The first-order chi connectivity index (χ1) is 10.0. The number of aromatic nitrogens is 2. The number of ether oxygens (including phenoxy) is 2. The third-order valence-corrected chi connectivity index (χ3v) is 3.23. The molecule has 0 spiro atoms. The van der Waals surface area contributed by atoms with Crippen LogP contribution in [0.4, 0.5) is 0 Å². The lowest BCUT2D eigenvalue weighted by Gasteiger charge is -2.12. The van der Waals surface area contributed by atoms with Gasteiger partial charge in [0.05, 0.1) is 18.4 Å². The monoisotopic (exact) mass is 289 g/mol. The van der Waals surface area contributed by atoms with E-state index in [1.165, 1.54) is 0 Å². The molecule has 0 fully saturated rings. The highest BCUT2D eigenvalue weighted by Gasteiger charge is 2.15. The Kier molecular flexibility index (Phi) is 4.85. The Morgan fingerprint density at radius 2 is 2.00 bits per heavy atom. The third-order valence-electron chi connectivity index (χ3n) is 3.23. The van der Waals surface area contributed by atoms with Gasteiger partial charge in [-0.05, 0) is 19.1 Å². The molecule has 0 saturated carbocycles. The van der Waals surface area contributed by atoms with Crippen molar-refractivity contribution in [2.24, 2.45) is 7.05 Å². The van der Waals surface area contributed by atoms with Crippen LogP contribution in [0.25, 0.3) is 0 Å². The fourth-order valence-corrected chi connectivity index (χ4v) is 2.09. The van der Waals surface area contributed by atoms with Crippen LogP contribution in [-0.4, -0.2) is 22.9 Å². The van der Waals surface area contributed by atoms with Crippen molar-refractivity contribution in [3.8, 4) is 17.4 Å². The summed E-state index contributed by atoms with van der Waals surface area (Å²) in [5.74, 6) is 2.27. The summed E-state index contributed by atoms with van der Waals surface area (Å²) in [5.41, 5.74) is 2.05. The van der Waals surface area contributed by atoms with E-state index in [1.54, 1.807) is 11.8 Å². The van der Waals surface area contributed by atoms with Crippen LogP contribution < -0.4 is 14.8 Å². The first-order valence-corrected chi connectivity index (χ1v) is 7.09. The SMILES string of the molecule is COc1cccc(Oc2c(CNC(C)C)c(C)nn2C)c1. The van der Waals surface area contributed by atoms with Crippen LogP contribution in [-0.2, 0) is 13.6 Å². The van der Waals surface area contributed by atoms with Crippen molar-refractivity contribution in [1.82, 2.24) is 15.1 Å². The zero-order valence-corrected chi connectivity index (χ0v) is 13.3. The first kappa shape index (κ1) is 15.4. The molecule has 0 aliphatic heterocycles. The maximum absolute atomic E-state index is 6.02. The summed E-state index contributed by atoms with van der Waals surface area (Å²) in [6, 6.07) is 7.98. The summed E-state index contributed by atoms with van der Waals surface area (Å²) < 4.78 is 13.0. The van der Waals surface area contributed by atoms with E-state index in [-0.39, 0.29) is 0 Å². The normalized spacial score (nSPS) is 11.0. The maximum Gasteiger partial charge on any atom is 0.222 e.